The summed E-state index contributed by atoms with van der Waals surface area (Å²) in [5, 5.41) is 0. The first-order valence-electron chi connectivity index (χ1n) is 0.289. The van der Waals surface area contributed by atoms with Crippen molar-refractivity contribution in [1.29, 1.82) is 0 Å². The van der Waals surface area contributed by atoms with Gasteiger partial charge in [-0.05, 0) is 0 Å². The van der Waals surface area contributed by atoms with Crippen LogP contribution in [0, 0.1) is 0 Å². The third-order valence-corrected chi connectivity index (χ3v) is 0. The van der Waals surface area contributed by atoms with Crippen molar-refractivity contribution in [1.82, 2.24) is 0 Å². The van der Waals surface area contributed by atoms with Crippen LogP contribution in [0.5, 0.6) is 0 Å². The van der Waals surface area contributed by atoms with Gasteiger partial charge in [-0.2, -0.15) is 0 Å². The van der Waals surface area contributed by atoms with Crippen LogP contribution in [0.1, 0.15) is 7.43 Å². The van der Waals surface area contributed by atoms with Gasteiger partial charge in [0.25, 0.3) is 0 Å². The van der Waals surface area contributed by atoms with Crippen LogP contribution in [0.4, 0.5) is 0 Å². The normalized spacial score (nSPS) is 3.20. The first kappa shape index (κ1) is 16.8. The number of rotatable bonds is 0. The minimum atomic E-state index is -1.79. The Labute approximate surface area is 52.7 Å². The van der Waals surface area contributed by atoms with Crippen molar-refractivity contribution in [2.75, 3.05) is 0 Å². The van der Waals surface area contributed by atoms with Gasteiger partial charge in [0, 0.05) is 21.1 Å². The van der Waals surface area contributed by atoms with Gasteiger partial charge in [0.1, 0.15) is 0 Å². The van der Waals surface area contributed by atoms with Crippen LogP contribution >= 0.6 is 0 Å². The van der Waals surface area contributed by atoms with Gasteiger partial charge in [0.2, 0.25) is 0 Å². The van der Waals surface area contributed by atoms with Crippen LogP contribution in [0.15, 0.2) is 0 Å². The Kier molecular flexibility index (Phi) is 69.2. The SMILES string of the molecule is C.[O]=[Ru]=[O].[Pt]. The minimum absolute atomic E-state index is 0. The van der Waals surface area contributed by atoms with Crippen LogP contribution in [0.2, 0.25) is 0 Å². The molecule has 5 heavy (non-hydrogen) atoms. The maximum atomic E-state index is 8.46. The zero-order valence-corrected chi connectivity index (χ0v) is 5.50. The van der Waals surface area contributed by atoms with Gasteiger partial charge in [-0.15, -0.1) is 0 Å². The molecule has 0 radical (unpaired) electrons. The van der Waals surface area contributed by atoms with Crippen molar-refractivity contribution in [3.8, 4) is 0 Å². The second-order valence-corrected chi connectivity index (χ2v) is 0.349. The summed E-state index contributed by atoms with van der Waals surface area (Å²) in [4.78, 5) is 0. The van der Waals surface area contributed by atoms with Crippen molar-refractivity contribution in [3.05, 3.63) is 0 Å². The van der Waals surface area contributed by atoms with Crippen LogP contribution < -0.4 is 0 Å². The molecule has 0 atom stereocenters. The average Bonchev–Trinajstić information content (AvgIpc) is 0.918. The molecule has 0 unspecified atom stereocenters. The Bertz CT molecular complexity index is 30.6. The molecular weight excluding hydrogens is 340 g/mol. The van der Waals surface area contributed by atoms with E-state index in [-0.39, 0.29) is 28.5 Å². The third-order valence-electron chi connectivity index (χ3n) is 0. The molecule has 0 amide bonds. The summed E-state index contributed by atoms with van der Waals surface area (Å²) in [6.07, 6.45) is 0. The molecule has 0 aliphatic rings. The topological polar surface area (TPSA) is 34.1 Å². The molecule has 0 aromatic rings. The van der Waals surface area contributed by atoms with E-state index in [1.165, 1.54) is 0 Å². The molecule has 38 valence electrons. The molecule has 0 spiro atoms. The molecular formula is CH4O2PtRu. The van der Waals surface area contributed by atoms with Gasteiger partial charge in [0.15, 0.2) is 0 Å². The smallest absolute Gasteiger partial charge is 0 e. The molecule has 0 aromatic heterocycles. The minimum Gasteiger partial charge on any atom is 0 e. The van der Waals surface area contributed by atoms with Crippen molar-refractivity contribution in [2.45, 2.75) is 7.43 Å². The Balaban J connectivity index is -0.0000000200. The van der Waals surface area contributed by atoms with Crippen molar-refractivity contribution >= 4 is 0 Å². The molecule has 0 saturated carbocycles. The molecule has 0 aliphatic heterocycles. The van der Waals surface area contributed by atoms with Crippen molar-refractivity contribution < 1.29 is 45.2 Å². The molecule has 0 bridgehead atoms. The Hall–Kier alpha value is 0.912. The number of hydrogen-bond acceptors (Lipinski definition) is 2. The summed E-state index contributed by atoms with van der Waals surface area (Å²) in [7, 11) is 0. The zero-order valence-electron chi connectivity index (χ0n) is 1.49. The van der Waals surface area contributed by atoms with E-state index in [4.69, 9.17) is 7.15 Å². The second-order valence-electron chi connectivity index (χ2n) is 0.0589. The van der Waals surface area contributed by atoms with E-state index in [2.05, 4.69) is 0 Å². The maximum absolute atomic E-state index is 8.46. The van der Waals surface area contributed by atoms with Crippen LogP contribution in [-0.2, 0) is 45.2 Å². The van der Waals surface area contributed by atoms with Crippen LogP contribution in [0.3, 0.4) is 0 Å². The van der Waals surface area contributed by atoms with Gasteiger partial charge in [-0.3, -0.25) is 0 Å². The predicted octanol–water partition coefficient (Wildman–Crippen LogP) is 0.393. The molecule has 2 nitrogen and oxygen atoms in total. The van der Waals surface area contributed by atoms with Crippen molar-refractivity contribution in [2.24, 2.45) is 0 Å². The van der Waals surface area contributed by atoms with E-state index in [1.807, 2.05) is 0 Å². The van der Waals surface area contributed by atoms with Crippen LogP contribution in [0.25, 0.3) is 0 Å². The van der Waals surface area contributed by atoms with Gasteiger partial charge in [-0.25, -0.2) is 0 Å². The van der Waals surface area contributed by atoms with E-state index in [0.717, 1.165) is 0 Å². The van der Waals surface area contributed by atoms with E-state index in [0.29, 0.717) is 0 Å². The largest absolute Gasteiger partial charge is 0 e. The fourth-order valence-electron chi connectivity index (χ4n) is 0. The monoisotopic (exact) mass is 345 g/mol. The Morgan fingerprint density at radius 1 is 1.20 bits per heavy atom. The van der Waals surface area contributed by atoms with Gasteiger partial charge in [-0.1, -0.05) is 7.43 Å². The van der Waals surface area contributed by atoms with Crippen LogP contribution in [-0.4, -0.2) is 0 Å². The summed E-state index contributed by atoms with van der Waals surface area (Å²) in [6, 6.07) is 0. The van der Waals surface area contributed by atoms with E-state index >= 15 is 0 Å². The fraction of sp³-hybridized carbons (Fsp3) is 1.00. The molecule has 0 N–H and O–H groups in total. The van der Waals surface area contributed by atoms with Gasteiger partial charge in [0.05, 0.1) is 0 Å². The summed E-state index contributed by atoms with van der Waals surface area (Å²) in [5.74, 6) is 0. The van der Waals surface area contributed by atoms with Gasteiger partial charge >= 0.3 is 24.2 Å². The fourth-order valence-corrected chi connectivity index (χ4v) is 0. The first-order chi connectivity index (χ1) is 1.41. The molecule has 0 heterocycles. The zero-order chi connectivity index (χ0) is 2.71. The molecule has 0 rings (SSSR count). The van der Waals surface area contributed by atoms with E-state index in [1.54, 1.807) is 0 Å². The second kappa shape index (κ2) is 20.6. The molecule has 0 aromatic carbocycles. The standard InChI is InChI=1S/CH4.2O.Pt.Ru/h1H4;;;;. The first-order valence-corrected chi connectivity index (χ1v) is 1.71. The summed E-state index contributed by atoms with van der Waals surface area (Å²) in [6.45, 7) is 0. The molecule has 0 saturated heterocycles. The Morgan fingerprint density at radius 2 is 1.20 bits per heavy atom. The summed E-state index contributed by atoms with van der Waals surface area (Å²) < 4.78 is 16.9. The third kappa shape index (κ3) is 50.1. The summed E-state index contributed by atoms with van der Waals surface area (Å²) >= 11 is -1.79. The predicted molar refractivity (Wildman–Crippen MR) is 8.10 cm³/mol. The Morgan fingerprint density at radius 3 is 1.20 bits per heavy atom. The van der Waals surface area contributed by atoms with Crippen molar-refractivity contribution in [3.63, 3.8) is 0 Å². The number of hydrogen-bond donors (Lipinski definition) is 0. The van der Waals surface area contributed by atoms with E-state index < -0.39 is 17.0 Å². The van der Waals surface area contributed by atoms with Gasteiger partial charge < -0.3 is 0 Å². The molecule has 0 aliphatic carbocycles. The summed E-state index contributed by atoms with van der Waals surface area (Å²) in [5.41, 5.74) is 0. The average molecular weight is 344 g/mol. The maximum Gasteiger partial charge on any atom is 0 e. The quantitative estimate of drug-likeness (QED) is 0.596. The molecule has 0 fully saturated rings. The van der Waals surface area contributed by atoms with E-state index in [9.17, 15) is 0 Å². The molecule has 4 heteroatoms.